The lowest BCUT2D eigenvalue weighted by atomic mass is 10.0. The number of aromatic nitrogens is 1. The number of β-lactam (4-membered cyclic amide) rings is 1. The Bertz CT molecular complexity index is 1080. The summed E-state index contributed by atoms with van der Waals surface area (Å²) in [6.45, 7) is 6.21. The van der Waals surface area contributed by atoms with E-state index in [9.17, 15) is 19.2 Å². The number of nitrogens with two attached hydrogens (primary N) is 1. The fourth-order valence-electron chi connectivity index (χ4n) is 3.20. The van der Waals surface area contributed by atoms with Gasteiger partial charge in [-0.2, -0.15) is 0 Å². The van der Waals surface area contributed by atoms with Crippen molar-refractivity contribution in [3.05, 3.63) is 22.3 Å². The number of ether oxygens (including phenoxy) is 2. The summed E-state index contributed by atoms with van der Waals surface area (Å²) in [5.74, 6) is -2.13. The lowest BCUT2D eigenvalue weighted by Crippen LogP contribution is -2.71. The van der Waals surface area contributed by atoms with Crippen molar-refractivity contribution in [1.82, 2.24) is 15.2 Å². The zero-order valence-electron chi connectivity index (χ0n) is 19.2. The van der Waals surface area contributed by atoms with E-state index in [1.165, 1.54) is 30.7 Å². The molecule has 1 aromatic heterocycles. The van der Waals surface area contributed by atoms with Gasteiger partial charge in [0.25, 0.3) is 11.8 Å². The van der Waals surface area contributed by atoms with Crippen LogP contribution in [0.4, 0.5) is 5.13 Å². The molecule has 3 N–H and O–H groups in total. The van der Waals surface area contributed by atoms with Gasteiger partial charge in [-0.25, -0.2) is 9.78 Å². The van der Waals surface area contributed by atoms with Crippen molar-refractivity contribution < 1.29 is 33.5 Å². The Morgan fingerprint density at radius 3 is 2.62 bits per heavy atom. The van der Waals surface area contributed by atoms with Crippen LogP contribution in [0.3, 0.4) is 0 Å². The van der Waals surface area contributed by atoms with Crippen LogP contribution < -0.4 is 11.1 Å². The Morgan fingerprint density at radius 2 is 2.06 bits per heavy atom. The minimum absolute atomic E-state index is 0.0217. The third-order valence-corrected chi connectivity index (χ3v) is 6.55. The average Bonchev–Trinajstić information content (AvgIpc) is 3.17. The summed E-state index contributed by atoms with van der Waals surface area (Å²) in [6, 6.07) is -0.928. The second kappa shape index (κ2) is 10.0. The molecule has 12 nitrogen and oxygen atoms in total. The molecule has 14 heteroatoms. The molecule has 0 aromatic carbocycles. The number of carbonyl (C=O) groups is 4. The molecular weight excluding hydrogens is 486 g/mol. The molecule has 184 valence electrons. The van der Waals surface area contributed by atoms with Crippen LogP contribution in [0.25, 0.3) is 0 Å². The molecule has 2 unspecified atom stereocenters. The molecule has 3 heterocycles. The van der Waals surface area contributed by atoms with Gasteiger partial charge in [-0.15, -0.1) is 23.1 Å². The second-order valence-electron chi connectivity index (χ2n) is 8.29. The third-order valence-electron chi connectivity index (χ3n) is 4.54. The molecule has 0 aliphatic carbocycles. The maximum Gasteiger partial charge on any atom is 0.355 e. The topological polar surface area (TPSA) is 163 Å². The number of amides is 2. The first-order valence-electron chi connectivity index (χ1n) is 10.1. The van der Waals surface area contributed by atoms with Crippen molar-refractivity contribution in [1.29, 1.82) is 0 Å². The van der Waals surface area contributed by atoms with Crippen LogP contribution >= 0.6 is 23.1 Å². The lowest BCUT2D eigenvalue weighted by Gasteiger charge is -2.49. The number of carbonyl (C=O) groups excluding carboxylic acids is 4. The molecule has 2 amide bonds. The standard InChI is InChI=1S/C20H25N5O7S2/c1-9(26)31-6-10-7-33-17-13(16(28)25(17)14(10)18(29)32-20(2,3)4)23-15(27)12(24-30-5)11-8-34-19(21)22-11/h8,13,17H,6-7H2,1-5H3,(H2,21,22)(H,23,27)/b24-12+. The second-order valence-corrected chi connectivity index (χ2v) is 10.3. The maximum atomic E-state index is 13.1. The zero-order chi connectivity index (χ0) is 25.2. The maximum absolute atomic E-state index is 13.1. The van der Waals surface area contributed by atoms with Crippen molar-refractivity contribution in [3.8, 4) is 0 Å². The van der Waals surface area contributed by atoms with Crippen molar-refractivity contribution in [3.63, 3.8) is 0 Å². The fourth-order valence-corrected chi connectivity index (χ4v) is 5.07. The molecule has 1 saturated heterocycles. The number of anilines is 1. The van der Waals surface area contributed by atoms with Crippen molar-refractivity contribution in [2.75, 3.05) is 25.2 Å². The number of hydrogen-bond donors (Lipinski definition) is 2. The van der Waals surface area contributed by atoms with Gasteiger partial charge in [0.1, 0.15) is 42.1 Å². The summed E-state index contributed by atoms with van der Waals surface area (Å²) < 4.78 is 10.5. The Morgan fingerprint density at radius 1 is 1.35 bits per heavy atom. The van der Waals surface area contributed by atoms with Gasteiger partial charge in [0, 0.05) is 23.6 Å². The smallest absolute Gasteiger partial charge is 0.355 e. The van der Waals surface area contributed by atoms with Crippen LogP contribution in [0.2, 0.25) is 0 Å². The van der Waals surface area contributed by atoms with Crippen LogP contribution in [-0.2, 0) is 33.5 Å². The number of fused-ring (bicyclic) bond motifs is 1. The van der Waals surface area contributed by atoms with Crippen LogP contribution in [0.5, 0.6) is 0 Å². The summed E-state index contributed by atoms with van der Waals surface area (Å²) in [6.07, 6.45) is 0. The van der Waals surface area contributed by atoms with Gasteiger partial charge in [-0.1, -0.05) is 5.16 Å². The normalized spacial score (nSPS) is 20.3. The van der Waals surface area contributed by atoms with Crippen LogP contribution in [0, 0.1) is 0 Å². The molecule has 0 radical (unpaired) electrons. The first kappa shape index (κ1) is 25.5. The van der Waals surface area contributed by atoms with E-state index in [4.69, 9.17) is 20.0 Å². The van der Waals surface area contributed by atoms with Gasteiger partial charge in [-0.3, -0.25) is 19.3 Å². The zero-order valence-corrected chi connectivity index (χ0v) is 20.9. The Hall–Kier alpha value is -3.13. The lowest BCUT2D eigenvalue weighted by molar-refractivity contribution is -0.159. The van der Waals surface area contributed by atoms with Crippen molar-refractivity contribution >= 4 is 57.7 Å². The van der Waals surface area contributed by atoms with Crippen LogP contribution in [0.1, 0.15) is 33.4 Å². The fraction of sp³-hybridized carbons (Fsp3) is 0.500. The molecule has 0 saturated carbocycles. The highest BCUT2D eigenvalue weighted by Crippen LogP contribution is 2.41. The van der Waals surface area contributed by atoms with Gasteiger partial charge in [0.2, 0.25) is 0 Å². The van der Waals surface area contributed by atoms with Crippen molar-refractivity contribution in [2.24, 2.45) is 5.16 Å². The number of nitrogens with zero attached hydrogens (tertiary/aromatic N) is 3. The highest BCUT2D eigenvalue weighted by atomic mass is 32.2. The average molecular weight is 512 g/mol. The van der Waals surface area contributed by atoms with Gasteiger partial charge < -0.3 is 25.4 Å². The van der Waals surface area contributed by atoms with E-state index in [2.05, 4.69) is 15.5 Å². The Labute approximate surface area is 203 Å². The largest absolute Gasteiger partial charge is 0.461 e. The number of oxime groups is 1. The highest BCUT2D eigenvalue weighted by molar-refractivity contribution is 8.00. The molecule has 3 rings (SSSR count). The Balaban J connectivity index is 1.83. The Kier molecular flexibility index (Phi) is 7.51. The van der Waals surface area contributed by atoms with Gasteiger partial charge >= 0.3 is 11.9 Å². The number of nitrogen functional groups attached to an aromatic ring is 1. The molecular formula is C20H25N5O7S2. The van der Waals surface area contributed by atoms with E-state index >= 15 is 0 Å². The summed E-state index contributed by atoms with van der Waals surface area (Å²) in [4.78, 5) is 60.2. The minimum atomic E-state index is -0.928. The van der Waals surface area contributed by atoms with E-state index in [1.807, 2.05) is 0 Å². The SMILES string of the molecule is CO/N=C(/C(=O)NC1C(=O)N2C(C(=O)OC(C)(C)C)=C(COC(C)=O)CSC12)c1csc(N)n1. The predicted molar refractivity (Wildman–Crippen MR) is 125 cm³/mol. The van der Waals surface area contributed by atoms with Crippen molar-refractivity contribution in [2.45, 2.75) is 44.7 Å². The molecule has 34 heavy (non-hydrogen) atoms. The highest BCUT2D eigenvalue weighted by Gasteiger charge is 2.55. The van der Waals surface area contributed by atoms with E-state index in [0.29, 0.717) is 11.3 Å². The molecule has 2 aliphatic rings. The number of nitrogens with one attached hydrogen (secondary N) is 1. The first-order valence-corrected chi connectivity index (χ1v) is 12.0. The van der Waals surface area contributed by atoms with E-state index in [-0.39, 0.29) is 28.8 Å². The minimum Gasteiger partial charge on any atom is -0.461 e. The molecule has 0 spiro atoms. The molecule has 2 atom stereocenters. The van der Waals surface area contributed by atoms with Crippen LogP contribution in [-0.4, -0.2) is 75.8 Å². The number of hydrogen-bond acceptors (Lipinski definition) is 12. The van der Waals surface area contributed by atoms with E-state index < -0.39 is 40.8 Å². The first-order chi connectivity index (χ1) is 15.9. The summed E-state index contributed by atoms with van der Waals surface area (Å²) in [5, 5.41) is 7.57. The number of rotatable bonds is 7. The summed E-state index contributed by atoms with van der Waals surface area (Å²) >= 11 is 2.45. The van der Waals surface area contributed by atoms with Gasteiger partial charge in [0.05, 0.1) is 0 Å². The monoisotopic (exact) mass is 511 g/mol. The van der Waals surface area contributed by atoms with Crippen LogP contribution in [0.15, 0.2) is 21.8 Å². The van der Waals surface area contributed by atoms with E-state index in [0.717, 1.165) is 11.3 Å². The molecule has 1 fully saturated rings. The van der Waals surface area contributed by atoms with Gasteiger partial charge in [-0.05, 0) is 20.8 Å². The number of thiazole rings is 1. The molecule has 2 aliphatic heterocycles. The third kappa shape index (κ3) is 5.50. The quantitative estimate of drug-likeness (QED) is 0.230. The van der Waals surface area contributed by atoms with Gasteiger partial charge in [0.15, 0.2) is 10.8 Å². The predicted octanol–water partition coefficient (Wildman–Crippen LogP) is 0.635. The van der Waals surface area contributed by atoms with E-state index in [1.54, 1.807) is 26.2 Å². The summed E-state index contributed by atoms with van der Waals surface area (Å²) in [5.41, 5.74) is 5.37. The molecule has 0 bridgehead atoms. The number of esters is 2. The molecule has 1 aromatic rings. The summed E-state index contributed by atoms with van der Waals surface area (Å²) in [7, 11) is 1.28. The number of thioether (sulfide) groups is 1.